The molecule has 9 heteroatoms. The number of carboxylic acid groups (broad SMARTS) is 1. The summed E-state index contributed by atoms with van der Waals surface area (Å²) in [6, 6.07) is -1.13. The van der Waals surface area contributed by atoms with Crippen LogP contribution in [-0.4, -0.2) is 68.8 Å². The van der Waals surface area contributed by atoms with E-state index < -0.39 is 12.0 Å². The van der Waals surface area contributed by atoms with Crippen LogP contribution < -0.4 is 33.2 Å². The number of nitrogens with two attached hydrogens (primary N) is 3. The van der Waals surface area contributed by atoms with Crippen LogP contribution in [0.5, 0.6) is 0 Å². The van der Waals surface area contributed by atoms with E-state index in [0.717, 1.165) is 90.6 Å². The number of hydrogen-bond acceptors (Lipinski definition) is 7. The minimum absolute atomic E-state index is 0.173. The molecule has 0 rings (SSSR count). The number of rotatable bonds is 22. The predicted octanol–water partition coefficient (Wildman–Crippen LogP) is 0.128. The van der Waals surface area contributed by atoms with Crippen molar-refractivity contribution >= 4 is 11.9 Å². The maximum atomic E-state index is 11.6. The summed E-state index contributed by atoms with van der Waals surface area (Å²) in [7, 11) is 0. The zero-order valence-corrected chi connectivity index (χ0v) is 18.7. The Labute approximate surface area is 182 Å². The fraction of sp³-hybridized carbons (Fsp3) is 0.905. The van der Waals surface area contributed by atoms with E-state index in [1.165, 1.54) is 6.42 Å². The Balaban J connectivity index is 3.86. The van der Waals surface area contributed by atoms with Gasteiger partial charge in [0.05, 0.1) is 6.42 Å². The zero-order chi connectivity index (χ0) is 22.5. The summed E-state index contributed by atoms with van der Waals surface area (Å²) in [6.45, 7) is 6.15. The lowest BCUT2D eigenvalue weighted by Crippen LogP contribution is -2.37. The number of carbonyl (C=O) groups excluding carboxylic acids is 1. The minimum atomic E-state index is -1.15. The summed E-state index contributed by atoms with van der Waals surface area (Å²) < 4.78 is 0. The predicted molar refractivity (Wildman–Crippen MR) is 122 cm³/mol. The molecular weight excluding hydrogens is 384 g/mol. The third-order valence-corrected chi connectivity index (χ3v) is 5.07. The molecule has 0 aromatic heterocycles. The molecule has 178 valence electrons. The van der Waals surface area contributed by atoms with Crippen LogP contribution in [0.2, 0.25) is 0 Å². The number of aliphatic carboxylic acids is 1. The van der Waals surface area contributed by atoms with Crippen LogP contribution >= 0.6 is 0 Å². The quantitative estimate of drug-likeness (QED) is 0.119. The van der Waals surface area contributed by atoms with Gasteiger partial charge in [-0.05, 0) is 83.7 Å². The summed E-state index contributed by atoms with van der Waals surface area (Å²) in [5.74, 6) is -0.841. The Hall–Kier alpha value is -1.26. The van der Waals surface area contributed by atoms with Crippen molar-refractivity contribution in [1.82, 2.24) is 16.0 Å². The standard InChI is InChI=1S/C21H46N6O3/c22-10-4-7-12-25-16-18(17-26-13-8-5-11-23)9-3-1-2-6-14-27-20(28)15-19(24)21(29)30/h18-19,25-26H,1-17,22-24H2,(H,27,28)(H,29,30)/t19-/m0/s1. The van der Waals surface area contributed by atoms with Gasteiger partial charge in [-0.2, -0.15) is 0 Å². The minimum Gasteiger partial charge on any atom is -0.480 e. The normalized spacial score (nSPS) is 12.3. The van der Waals surface area contributed by atoms with Gasteiger partial charge in [0.1, 0.15) is 6.04 Å². The molecule has 9 nitrogen and oxygen atoms in total. The summed E-state index contributed by atoms with van der Waals surface area (Å²) in [4.78, 5) is 22.2. The van der Waals surface area contributed by atoms with Crippen LogP contribution in [0.4, 0.5) is 0 Å². The number of carbonyl (C=O) groups is 2. The highest BCUT2D eigenvalue weighted by Crippen LogP contribution is 2.10. The lowest BCUT2D eigenvalue weighted by atomic mass is 10.00. The molecule has 30 heavy (non-hydrogen) atoms. The second kappa shape index (κ2) is 21.0. The summed E-state index contributed by atoms with van der Waals surface area (Å²) >= 11 is 0. The first-order valence-corrected chi connectivity index (χ1v) is 11.6. The van der Waals surface area contributed by atoms with Gasteiger partial charge in [-0.25, -0.2) is 0 Å². The molecule has 0 aliphatic heterocycles. The molecular formula is C21H46N6O3. The molecule has 0 fully saturated rings. The molecule has 0 aliphatic carbocycles. The third kappa shape index (κ3) is 18.7. The highest BCUT2D eigenvalue weighted by atomic mass is 16.4. The van der Waals surface area contributed by atoms with Gasteiger partial charge in [0.2, 0.25) is 5.91 Å². The topological polar surface area (TPSA) is 169 Å². The molecule has 0 saturated heterocycles. The van der Waals surface area contributed by atoms with Crippen LogP contribution in [0.1, 0.15) is 64.2 Å². The van der Waals surface area contributed by atoms with Crippen molar-refractivity contribution in [3.63, 3.8) is 0 Å². The fourth-order valence-corrected chi connectivity index (χ4v) is 3.18. The van der Waals surface area contributed by atoms with Gasteiger partial charge in [0, 0.05) is 6.54 Å². The Morgan fingerprint density at radius 2 is 1.30 bits per heavy atom. The second-order valence-corrected chi connectivity index (χ2v) is 7.97. The second-order valence-electron chi connectivity index (χ2n) is 7.97. The monoisotopic (exact) mass is 430 g/mol. The van der Waals surface area contributed by atoms with E-state index in [4.69, 9.17) is 22.3 Å². The SMILES string of the molecule is NCCCCNCC(CCCCCCNC(=O)C[C@H](N)C(=O)O)CNCCCCN. The van der Waals surface area contributed by atoms with Gasteiger partial charge in [0.15, 0.2) is 0 Å². The van der Waals surface area contributed by atoms with Crippen LogP contribution in [0, 0.1) is 5.92 Å². The lowest BCUT2D eigenvalue weighted by molar-refractivity contribution is -0.140. The highest BCUT2D eigenvalue weighted by Gasteiger charge is 2.15. The van der Waals surface area contributed by atoms with Crippen LogP contribution in [0.15, 0.2) is 0 Å². The molecule has 1 amide bonds. The molecule has 0 radical (unpaired) electrons. The number of hydrogen-bond donors (Lipinski definition) is 7. The average Bonchev–Trinajstić information content (AvgIpc) is 2.71. The molecule has 0 heterocycles. The molecule has 10 N–H and O–H groups in total. The summed E-state index contributed by atoms with van der Waals surface area (Å²) in [6.07, 6.45) is 9.60. The van der Waals surface area contributed by atoms with E-state index in [0.29, 0.717) is 12.5 Å². The Morgan fingerprint density at radius 3 is 1.83 bits per heavy atom. The van der Waals surface area contributed by atoms with Gasteiger partial charge < -0.3 is 38.3 Å². The van der Waals surface area contributed by atoms with Crippen LogP contribution in [0.3, 0.4) is 0 Å². The van der Waals surface area contributed by atoms with Crippen LogP contribution in [-0.2, 0) is 9.59 Å². The van der Waals surface area contributed by atoms with Gasteiger partial charge in [-0.1, -0.05) is 19.3 Å². The van der Waals surface area contributed by atoms with E-state index in [9.17, 15) is 9.59 Å². The van der Waals surface area contributed by atoms with E-state index in [1.807, 2.05) is 0 Å². The van der Waals surface area contributed by atoms with Gasteiger partial charge in [-0.3, -0.25) is 9.59 Å². The average molecular weight is 431 g/mol. The Morgan fingerprint density at radius 1 is 0.767 bits per heavy atom. The first-order chi connectivity index (χ1) is 14.5. The first kappa shape index (κ1) is 28.7. The van der Waals surface area contributed by atoms with Gasteiger partial charge >= 0.3 is 5.97 Å². The maximum absolute atomic E-state index is 11.6. The van der Waals surface area contributed by atoms with Crippen molar-refractivity contribution in [2.24, 2.45) is 23.1 Å². The molecule has 0 unspecified atom stereocenters. The molecule has 0 aromatic carbocycles. The number of amides is 1. The molecule has 1 atom stereocenters. The van der Waals surface area contributed by atoms with Crippen molar-refractivity contribution in [2.45, 2.75) is 70.3 Å². The summed E-state index contributed by atoms with van der Waals surface area (Å²) in [5.41, 5.74) is 16.4. The number of nitrogens with one attached hydrogen (secondary N) is 3. The van der Waals surface area contributed by atoms with E-state index in [1.54, 1.807) is 0 Å². The lowest BCUT2D eigenvalue weighted by Gasteiger charge is -2.18. The number of carboxylic acids is 1. The van der Waals surface area contributed by atoms with Crippen molar-refractivity contribution < 1.29 is 14.7 Å². The highest BCUT2D eigenvalue weighted by molar-refractivity contribution is 5.84. The van der Waals surface area contributed by atoms with Crippen molar-refractivity contribution in [3.8, 4) is 0 Å². The van der Waals surface area contributed by atoms with E-state index in [-0.39, 0.29) is 12.3 Å². The molecule has 0 bridgehead atoms. The molecule has 0 saturated carbocycles. The Kier molecular flexibility index (Phi) is 20.1. The third-order valence-electron chi connectivity index (χ3n) is 5.07. The van der Waals surface area contributed by atoms with E-state index >= 15 is 0 Å². The van der Waals surface area contributed by atoms with Crippen molar-refractivity contribution in [1.29, 1.82) is 0 Å². The zero-order valence-electron chi connectivity index (χ0n) is 18.7. The first-order valence-electron chi connectivity index (χ1n) is 11.6. The maximum Gasteiger partial charge on any atom is 0.321 e. The van der Waals surface area contributed by atoms with Crippen molar-refractivity contribution in [2.75, 3.05) is 45.8 Å². The summed E-state index contributed by atoms with van der Waals surface area (Å²) in [5, 5.41) is 18.6. The fourth-order valence-electron chi connectivity index (χ4n) is 3.18. The number of unbranched alkanes of at least 4 members (excludes halogenated alkanes) is 5. The smallest absolute Gasteiger partial charge is 0.321 e. The van der Waals surface area contributed by atoms with Crippen LogP contribution in [0.25, 0.3) is 0 Å². The van der Waals surface area contributed by atoms with Crippen molar-refractivity contribution in [3.05, 3.63) is 0 Å². The molecule has 0 spiro atoms. The molecule has 0 aromatic rings. The largest absolute Gasteiger partial charge is 0.480 e. The van der Waals surface area contributed by atoms with Gasteiger partial charge in [-0.15, -0.1) is 0 Å². The Bertz CT molecular complexity index is 412. The molecule has 0 aliphatic rings. The van der Waals surface area contributed by atoms with Gasteiger partial charge in [0.25, 0.3) is 0 Å². The van der Waals surface area contributed by atoms with E-state index in [2.05, 4.69) is 16.0 Å².